The molecule has 0 aliphatic carbocycles. The monoisotopic (exact) mass is 273 g/mol. The van der Waals surface area contributed by atoms with Gasteiger partial charge in [0.2, 0.25) is 0 Å². The standard InChI is InChI=1S/C16H23N3O/c1-13-18-15-6-2-3-7-16(15)19(13)10-9-17-14-5-4-11-20-12-8-14/h2-3,6-7,14,17H,4-5,8-12H2,1H3. The van der Waals surface area contributed by atoms with E-state index in [1.807, 2.05) is 6.07 Å². The lowest BCUT2D eigenvalue weighted by molar-refractivity contribution is 0.142. The lowest BCUT2D eigenvalue weighted by Gasteiger charge is -2.16. The van der Waals surface area contributed by atoms with Gasteiger partial charge in [-0.25, -0.2) is 4.98 Å². The molecule has 1 aromatic heterocycles. The van der Waals surface area contributed by atoms with Gasteiger partial charge in [-0.2, -0.15) is 0 Å². The number of imidazole rings is 1. The third-order valence-electron chi connectivity index (χ3n) is 4.07. The lowest BCUT2D eigenvalue weighted by atomic mass is 10.1. The third kappa shape index (κ3) is 3.02. The zero-order valence-corrected chi connectivity index (χ0v) is 12.1. The topological polar surface area (TPSA) is 39.1 Å². The van der Waals surface area contributed by atoms with Crippen molar-refractivity contribution in [3.8, 4) is 0 Å². The SMILES string of the molecule is Cc1nc2ccccc2n1CCNC1CCCOCC1. The average Bonchev–Trinajstić information content (AvgIpc) is 2.65. The minimum absolute atomic E-state index is 0.604. The molecule has 2 aromatic rings. The molecule has 0 spiro atoms. The van der Waals surface area contributed by atoms with Crippen molar-refractivity contribution in [3.05, 3.63) is 30.1 Å². The van der Waals surface area contributed by atoms with E-state index in [-0.39, 0.29) is 0 Å². The highest BCUT2D eigenvalue weighted by Gasteiger charge is 2.12. The van der Waals surface area contributed by atoms with Crippen molar-refractivity contribution in [1.82, 2.24) is 14.9 Å². The molecule has 2 heterocycles. The van der Waals surface area contributed by atoms with Crippen molar-refractivity contribution < 1.29 is 4.74 Å². The normalized spacial score (nSPS) is 20.1. The second-order valence-electron chi connectivity index (χ2n) is 5.49. The molecule has 4 heteroatoms. The second kappa shape index (κ2) is 6.37. The summed E-state index contributed by atoms with van der Waals surface area (Å²) < 4.78 is 7.80. The highest BCUT2D eigenvalue weighted by atomic mass is 16.5. The van der Waals surface area contributed by atoms with Crippen LogP contribution in [0.15, 0.2) is 24.3 Å². The van der Waals surface area contributed by atoms with Gasteiger partial charge in [0.25, 0.3) is 0 Å². The van der Waals surface area contributed by atoms with Gasteiger partial charge in [0.1, 0.15) is 5.82 Å². The summed E-state index contributed by atoms with van der Waals surface area (Å²) in [5, 5.41) is 3.66. The fraction of sp³-hybridized carbons (Fsp3) is 0.562. The highest BCUT2D eigenvalue weighted by Crippen LogP contribution is 2.15. The Balaban J connectivity index is 1.60. The van der Waals surface area contributed by atoms with Gasteiger partial charge in [0.05, 0.1) is 11.0 Å². The van der Waals surface area contributed by atoms with Crippen LogP contribution in [0.3, 0.4) is 0 Å². The van der Waals surface area contributed by atoms with E-state index >= 15 is 0 Å². The van der Waals surface area contributed by atoms with E-state index in [0.717, 1.165) is 44.1 Å². The number of nitrogens with one attached hydrogen (secondary N) is 1. The first-order valence-electron chi connectivity index (χ1n) is 7.57. The van der Waals surface area contributed by atoms with E-state index in [0.29, 0.717) is 6.04 Å². The van der Waals surface area contributed by atoms with Crippen molar-refractivity contribution in [3.63, 3.8) is 0 Å². The molecule has 1 unspecified atom stereocenters. The molecule has 1 saturated heterocycles. The first-order valence-corrected chi connectivity index (χ1v) is 7.57. The number of aromatic nitrogens is 2. The molecule has 108 valence electrons. The Labute approximate surface area is 120 Å². The molecule has 0 amide bonds. The fourth-order valence-electron chi connectivity index (χ4n) is 2.97. The molecule has 4 nitrogen and oxygen atoms in total. The third-order valence-corrected chi connectivity index (χ3v) is 4.07. The van der Waals surface area contributed by atoms with Crippen LogP contribution in [0.4, 0.5) is 0 Å². The van der Waals surface area contributed by atoms with Gasteiger partial charge in [-0.1, -0.05) is 12.1 Å². The molecule has 1 atom stereocenters. The van der Waals surface area contributed by atoms with E-state index in [2.05, 4.69) is 40.0 Å². The molecule has 3 rings (SSSR count). The van der Waals surface area contributed by atoms with Gasteiger partial charge >= 0.3 is 0 Å². The van der Waals surface area contributed by atoms with E-state index in [1.165, 1.54) is 18.4 Å². The Hall–Kier alpha value is -1.39. The lowest BCUT2D eigenvalue weighted by Crippen LogP contribution is -2.32. The Bertz CT molecular complexity index is 556. The van der Waals surface area contributed by atoms with Crippen LogP contribution in [0.2, 0.25) is 0 Å². The van der Waals surface area contributed by atoms with Crippen LogP contribution in [0.5, 0.6) is 0 Å². The number of hydrogen-bond donors (Lipinski definition) is 1. The first-order chi connectivity index (χ1) is 9.84. The molecule has 1 fully saturated rings. The number of aryl methyl sites for hydroxylation is 1. The number of nitrogens with zero attached hydrogens (tertiary/aromatic N) is 2. The van der Waals surface area contributed by atoms with Crippen molar-refractivity contribution in [1.29, 1.82) is 0 Å². The summed E-state index contributed by atoms with van der Waals surface area (Å²) in [5.41, 5.74) is 2.32. The maximum atomic E-state index is 5.50. The molecule has 0 bridgehead atoms. The molecule has 20 heavy (non-hydrogen) atoms. The number of rotatable bonds is 4. The Morgan fingerprint density at radius 2 is 2.20 bits per heavy atom. The fourth-order valence-corrected chi connectivity index (χ4v) is 2.97. The predicted octanol–water partition coefficient (Wildman–Crippen LogP) is 2.50. The number of fused-ring (bicyclic) bond motifs is 1. The Kier molecular flexibility index (Phi) is 4.33. The van der Waals surface area contributed by atoms with Crippen LogP contribution in [-0.4, -0.2) is 35.4 Å². The summed E-state index contributed by atoms with van der Waals surface area (Å²) in [6.45, 7) is 5.86. The summed E-state index contributed by atoms with van der Waals surface area (Å²) in [6.07, 6.45) is 3.53. The molecule has 1 N–H and O–H groups in total. The molecule has 0 saturated carbocycles. The Morgan fingerprint density at radius 1 is 1.30 bits per heavy atom. The van der Waals surface area contributed by atoms with Gasteiger partial charge in [0.15, 0.2) is 0 Å². The quantitative estimate of drug-likeness (QED) is 0.930. The van der Waals surface area contributed by atoms with Gasteiger partial charge in [-0.15, -0.1) is 0 Å². The van der Waals surface area contributed by atoms with Crippen molar-refractivity contribution >= 4 is 11.0 Å². The molecular weight excluding hydrogens is 250 g/mol. The van der Waals surface area contributed by atoms with Crippen molar-refractivity contribution in [2.45, 2.75) is 38.8 Å². The minimum atomic E-state index is 0.604. The number of para-hydroxylation sites is 2. The van der Waals surface area contributed by atoms with Gasteiger partial charge in [0, 0.05) is 32.3 Å². The smallest absolute Gasteiger partial charge is 0.106 e. The Morgan fingerprint density at radius 3 is 3.15 bits per heavy atom. The molecule has 1 aromatic carbocycles. The van der Waals surface area contributed by atoms with E-state index in [9.17, 15) is 0 Å². The molecule has 1 aliphatic heterocycles. The number of benzene rings is 1. The van der Waals surface area contributed by atoms with Crippen LogP contribution in [-0.2, 0) is 11.3 Å². The number of hydrogen-bond acceptors (Lipinski definition) is 3. The van der Waals surface area contributed by atoms with E-state index in [4.69, 9.17) is 4.74 Å². The van der Waals surface area contributed by atoms with E-state index < -0.39 is 0 Å². The maximum Gasteiger partial charge on any atom is 0.106 e. The van der Waals surface area contributed by atoms with Crippen molar-refractivity contribution in [2.24, 2.45) is 0 Å². The van der Waals surface area contributed by atoms with Gasteiger partial charge < -0.3 is 14.6 Å². The average molecular weight is 273 g/mol. The predicted molar refractivity (Wildman–Crippen MR) is 80.9 cm³/mol. The van der Waals surface area contributed by atoms with Crippen LogP contribution in [0, 0.1) is 6.92 Å². The molecule has 1 aliphatic rings. The second-order valence-corrected chi connectivity index (χ2v) is 5.49. The van der Waals surface area contributed by atoms with Crippen LogP contribution in [0.1, 0.15) is 25.1 Å². The maximum absolute atomic E-state index is 5.50. The van der Waals surface area contributed by atoms with Crippen molar-refractivity contribution in [2.75, 3.05) is 19.8 Å². The summed E-state index contributed by atoms with van der Waals surface area (Å²) in [6, 6.07) is 8.95. The zero-order chi connectivity index (χ0) is 13.8. The minimum Gasteiger partial charge on any atom is -0.381 e. The van der Waals surface area contributed by atoms with Crippen LogP contribution < -0.4 is 5.32 Å². The first kappa shape index (κ1) is 13.6. The summed E-state index contributed by atoms with van der Waals surface area (Å²) in [4.78, 5) is 4.61. The largest absolute Gasteiger partial charge is 0.381 e. The van der Waals surface area contributed by atoms with Crippen LogP contribution >= 0.6 is 0 Å². The molecular formula is C16H23N3O. The summed E-state index contributed by atoms with van der Waals surface area (Å²) in [5.74, 6) is 1.09. The van der Waals surface area contributed by atoms with E-state index in [1.54, 1.807) is 0 Å². The summed E-state index contributed by atoms with van der Waals surface area (Å²) in [7, 11) is 0. The molecule has 0 radical (unpaired) electrons. The highest BCUT2D eigenvalue weighted by molar-refractivity contribution is 5.75. The van der Waals surface area contributed by atoms with Crippen LogP contribution in [0.25, 0.3) is 11.0 Å². The number of ether oxygens (including phenoxy) is 1. The van der Waals surface area contributed by atoms with Gasteiger partial charge in [-0.05, 0) is 38.3 Å². The van der Waals surface area contributed by atoms with Gasteiger partial charge in [-0.3, -0.25) is 0 Å². The zero-order valence-electron chi connectivity index (χ0n) is 12.1. The summed E-state index contributed by atoms with van der Waals surface area (Å²) >= 11 is 0.